The highest BCUT2D eigenvalue weighted by Gasteiger charge is 2.10. The standard InChI is InChI=1S/C19H17NO6/c1-22-15-7-5-13(10-17(15)23-2)6-8-19(21)25-12-14-11-18(26-20-14)16-4-3-9-24-16/h3-11H,12H2,1-2H3/b8-6+. The fourth-order valence-corrected chi connectivity index (χ4v) is 2.23. The van der Waals surface area contributed by atoms with Crippen LogP contribution in [0.5, 0.6) is 11.5 Å². The second-order valence-corrected chi connectivity index (χ2v) is 5.22. The number of benzene rings is 1. The Morgan fingerprint density at radius 3 is 2.69 bits per heavy atom. The summed E-state index contributed by atoms with van der Waals surface area (Å²) in [7, 11) is 3.11. The van der Waals surface area contributed by atoms with Gasteiger partial charge in [0.1, 0.15) is 12.3 Å². The molecule has 0 atom stereocenters. The van der Waals surface area contributed by atoms with Gasteiger partial charge in [0.15, 0.2) is 17.3 Å². The Kier molecular flexibility index (Phi) is 5.38. The number of hydrogen-bond acceptors (Lipinski definition) is 7. The number of esters is 1. The Balaban J connectivity index is 1.56. The molecule has 3 rings (SSSR count). The molecule has 0 saturated carbocycles. The number of carbonyl (C=O) groups excluding carboxylic acids is 1. The van der Waals surface area contributed by atoms with Crippen LogP contribution in [0.15, 0.2) is 57.7 Å². The van der Waals surface area contributed by atoms with Crippen molar-refractivity contribution in [2.45, 2.75) is 6.61 Å². The third-order valence-electron chi connectivity index (χ3n) is 3.50. The Morgan fingerprint density at radius 2 is 1.96 bits per heavy atom. The third kappa shape index (κ3) is 4.13. The molecule has 2 aromatic heterocycles. The summed E-state index contributed by atoms with van der Waals surface area (Å²) in [6, 6.07) is 10.5. The minimum absolute atomic E-state index is 0.000679. The molecule has 134 valence electrons. The highest BCUT2D eigenvalue weighted by Crippen LogP contribution is 2.28. The monoisotopic (exact) mass is 355 g/mol. The minimum atomic E-state index is -0.498. The number of ether oxygens (including phenoxy) is 3. The van der Waals surface area contributed by atoms with Gasteiger partial charge in [0.25, 0.3) is 0 Å². The Morgan fingerprint density at radius 1 is 1.12 bits per heavy atom. The van der Waals surface area contributed by atoms with Gasteiger partial charge >= 0.3 is 5.97 Å². The average molecular weight is 355 g/mol. The van der Waals surface area contributed by atoms with Crippen LogP contribution in [0, 0.1) is 0 Å². The normalized spacial score (nSPS) is 10.8. The number of hydrogen-bond donors (Lipinski definition) is 0. The Labute approximate surface area is 149 Å². The van der Waals surface area contributed by atoms with E-state index < -0.39 is 5.97 Å². The first kappa shape index (κ1) is 17.3. The zero-order valence-electron chi connectivity index (χ0n) is 14.3. The number of furan rings is 1. The molecule has 2 heterocycles. The van der Waals surface area contributed by atoms with Crippen molar-refractivity contribution in [3.05, 3.63) is 60.0 Å². The van der Waals surface area contributed by atoms with Gasteiger partial charge in [-0.15, -0.1) is 0 Å². The van der Waals surface area contributed by atoms with Crippen LogP contribution in [-0.4, -0.2) is 25.3 Å². The van der Waals surface area contributed by atoms with Crippen molar-refractivity contribution in [2.75, 3.05) is 14.2 Å². The molecular weight excluding hydrogens is 338 g/mol. The highest BCUT2D eigenvalue weighted by molar-refractivity contribution is 5.87. The second-order valence-electron chi connectivity index (χ2n) is 5.22. The van der Waals surface area contributed by atoms with Crippen LogP contribution in [0.4, 0.5) is 0 Å². The fourth-order valence-electron chi connectivity index (χ4n) is 2.23. The Bertz CT molecular complexity index is 895. The molecule has 7 nitrogen and oxygen atoms in total. The van der Waals surface area contributed by atoms with Crippen molar-refractivity contribution in [3.8, 4) is 23.0 Å². The molecule has 0 radical (unpaired) electrons. The van der Waals surface area contributed by atoms with E-state index in [1.807, 2.05) is 0 Å². The quantitative estimate of drug-likeness (QED) is 0.472. The van der Waals surface area contributed by atoms with Crippen LogP contribution in [0.2, 0.25) is 0 Å². The van der Waals surface area contributed by atoms with Crippen molar-refractivity contribution in [3.63, 3.8) is 0 Å². The molecule has 0 unspecified atom stereocenters. The largest absolute Gasteiger partial charge is 0.493 e. The molecule has 0 saturated heterocycles. The van der Waals surface area contributed by atoms with Crippen LogP contribution in [-0.2, 0) is 16.1 Å². The molecule has 0 fully saturated rings. The van der Waals surface area contributed by atoms with E-state index in [2.05, 4.69) is 5.16 Å². The summed E-state index contributed by atoms with van der Waals surface area (Å²) >= 11 is 0. The lowest BCUT2D eigenvalue weighted by Crippen LogP contribution is -2.00. The van der Waals surface area contributed by atoms with Gasteiger partial charge in [0.05, 0.1) is 20.5 Å². The zero-order chi connectivity index (χ0) is 18.4. The van der Waals surface area contributed by atoms with Crippen molar-refractivity contribution < 1.29 is 27.9 Å². The summed E-state index contributed by atoms with van der Waals surface area (Å²) in [6.45, 7) is -0.000679. The van der Waals surface area contributed by atoms with E-state index in [0.717, 1.165) is 5.56 Å². The number of carbonyl (C=O) groups is 1. The number of methoxy groups -OCH3 is 2. The van der Waals surface area contributed by atoms with Gasteiger partial charge in [0.2, 0.25) is 5.76 Å². The second kappa shape index (κ2) is 8.06. The van der Waals surface area contributed by atoms with E-state index in [9.17, 15) is 4.79 Å². The van der Waals surface area contributed by atoms with Gasteiger partial charge in [-0.3, -0.25) is 0 Å². The van der Waals surface area contributed by atoms with Gasteiger partial charge < -0.3 is 23.2 Å². The molecule has 0 N–H and O–H groups in total. The molecule has 0 spiro atoms. The third-order valence-corrected chi connectivity index (χ3v) is 3.50. The first-order valence-corrected chi connectivity index (χ1v) is 7.76. The maximum absolute atomic E-state index is 11.9. The summed E-state index contributed by atoms with van der Waals surface area (Å²) < 4.78 is 25.9. The van der Waals surface area contributed by atoms with E-state index in [-0.39, 0.29) is 6.61 Å². The molecule has 1 aromatic carbocycles. The van der Waals surface area contributed by atoms with Gasteiger partial charge in [-0.1, -0.05) is 11.2 Å². The molecule has 7 heteroatoms. The van der Waals surface area contributed by atoms with Crippen molar-refractivity contribution in [2.24, 2.45) is 0 Å². The fraction of sp³-hybridized carbons (Fsp3) is 0.158. The maximum atomic E-state index is 11.9. The topological polar surface area (TPSA) is 83.9 Å². The SMILES string of the molecule is COc1ccc(/C=C/C(=O)OCc2cc(-c3ccco3)on2)cc1OC. The zero-order valence-corrected chi connectivity index (χ0v) is 14.3. The molecule has 0 aliphatic heterocycles. The van der Waals surface area contributed by atoms with Crippen molar-refractivity contribution in [1.82, 2.24) is 5.16 Å². The van der Waals surface area contributed by atoms with E-state index in [0.29, 0.717) is 28.7 Å². The maximum Gasteiger partial charge on any atom is 0.331 e. The summed E-state index contributed by atoms with van der Waals surface area (Å²) in [5.74, 6) is 1.73. The highest BCUT2D eigenvalue weighted by atomic mass is 16.5. The molecular formula is C19H17NO6. The van der Waals surface area contributed by atoms with Gasteiger partial charge in [-0.05, 0) is 35.9 Å². The number of rotatable bonds is 7. The lowest BCUT2D eigenvalue weighted by Gasteiger charge is -2.07. The molecule has 0 aliphatic carbocycles. The minimum Gasteiger partial charge on any atom is -0.493 e. The lowest BCUT2D eigenvalue weighted by molar-refractivity contribution is -0.139. The summed E-state index contributed by atoms with van der Waals surface area (Å²) in [4.78, 5) is 11.9. The van der Waals surface area contributed by atoms with Crippen molar-refractivity contribution >= 4 is 12.0 Å². The van der Waals surface area contributed by atoms with Crippen LogP contribution in [0.25, 0.3) is 17.6 Å². The average Bonchev–Trinajstić information content (AvgIpc) is 3.35. The summed E-state index contributed by atoms with van der Waals surface area (Å²) in [6.07, 6.45) is 4.49. The first-order valence-electron chi connectivity index (χ1n) is 7.76. The van der Waals surface area contributed by atoms with E-state index in [4.69, 9.17) is 23.2 Å². The van der Waals surface area contributed by atoms with E-state index >= 15 is 0 Å². The molecule has 26 heavy (non-hydrogen) atoms. The number of nitrogens with zero attached hydrogens (tertiary/aromatic N) is 1. The molecule has 0 aliphatic rings. The van der Waals surface area contributed by atoms with Gasteiger partial charge in [-0.25, -0.2) is 4.79 Å². The van der Waals surface area contributed by atoms with Crippen molar-refractivity contribution in [1.29, 1.82) is 0 Å². The van der Waals surface area contributed by atoms with Gasteiger partial charge in [0, 0.05) is 12.1 Å². The van der Waals surface area contributed by atoms with Crippen LogP contribution in [0.3, 0.4) is 0 Å². The molecule has 3 aromatic rings. The van der Waals surface area contributed by atoms with Crippen LogP contribution in [0.1, 0.15) is 11.3 Å². The number of aromatic nitrogens is 1. The smallest absolute Gasteiger partial charge is 0.331 e. The van der Waals surface area contributed by atoms with Crippen LogP contribution < -0.4 is 9.47 Å². The molecule has 0 amide bonds. The first-order chi connectivity index (χ1) is 12.7. The van der Waals surface area contributed by atoms with Gasteiger partial charge in [-0.2, -0.15) is 0 Å². The molecule has 0 bridgehead atoms. The lowest BCUT2D eigenvalue weighted by atomic mass is 10.2. The van der Waals surface area contributed by atoms with E-state index in [1.165, 1.54) is 12.3 Å². The van der Waals surface area contributed by atoms with Crippen LogP contribution >= 0.6 is 0 Å². The Hall–Kier alpha value is -3.48. The predicted molar refractivity (Wildman–Crippen MR) is 92.6 cm³/mol. The van der Waals surface area contributed by atoms with E-state index in [1.54, 1.807) is 56.7 Å². The predicted octanol–water partition coefficient (Wildman–Crippen LogP) is 3.71. The summed E-state index contributed by atoms with van der Waals surface area (Å²) in [5, 5.41) is 3.84. The summed E-state index contributed by atoms with van der Waals surface area (Å²) in [5.41, 5.74) is 1.27.